The van der Waals surface area contributed by atoms with Crippen LogP contribution < -0.4 is 10.6 Å². The molecule has 3 N–H and O–H groups in total. The van der Waals surface area contributed by atoms with Gasteiger partial charge >= 0.3 is 12.0 Å². The quantitative estimate of drug-likeness (QED) is 0.497. The van der Waals surface area contributed by atoms with E-state index in [4.69, 9.17) is 0 Å². The third-order valence-corrected chi connectivity index (χ3v) is 5.08. The van der Waals surface area contributed by atoms with E-state index in [-0.39, 0.29) is 12.0 Å². The van der Waals surface area contributed by atoms with Gasteiger partial charge in [0.15, 0.2) is 0 Å². The monoisotopic (exact) mass is 483 g/mol. The van der Waals surface area contributed by atoms with E-state index in [2.05, 4.69) is 26.6 Å². The Balaban J connectivity index is 3.13. The zero-order valence-electron chi connectivity index (χ0n) is 18.8. The van der Waals surface area contributed by atoms with Crippen molar-refractivity contribution in [1.82, 2.24) is 10.2 Å². The number of rotatable bonds is 8. The molecular weight excluding hydrogens is 450 g/mol. The first-order valence-corrected chi connectivity index (χ1v) is 10.9. The molecule has 2 atom stereocenters. The molecule has 0 spiro atoms. The summed E-state index contributed by atoms with van der Waals surface area (Å²) >= 11 is 3.34. The summed E-state index contributed by atoms with van der Waals surface area (Å²) in [5, 5.41) is 15.3. The van der Waals surface area contributed by atoms with Gasteiger partial charge in [-0.2, -0.15) is 0 Å². The van der Waals surface area contributed by atoms with Crippen LogP contribution in [0.25, 0.3) is 0 Å². The second-order valence-electron chi connectivity index (χ2n) is 9.23. The van der Waals surface area contributed by atoms with Crippen LogP contribution in [0.4, 0.5) is 10.5 Å². The van der Waals surface area contributed by atoms with Gasteiger partial charge in [0.25, 0.3) is 0 Å². The number of carbonyl (C=O) groups is 3. The topological polar surface area (TPSA) is 98.7 Å². The van der Waals surface area contributed by atoms with Gasteiger partial charge in [0.2, 0.25) is 5.91 Å². The Morgan fingerprint density at radius 1 is 1.07 bits per heavy atom. The number of nitrogens with one attached hydrogen (secondary N) is 2. The highest BCUT2D eigenvalue weighted by molar-refractivity contribution is 9.10. The van der Waals surface area contributed by atoms with E-state index in [0.29, 0.717) is 12.1 Å². The van der Waals surface area contributed by atoms with E-state index in [1.807, 2.05) is 13.8 Å². The minimum atomic E-state index is -1.06. The lowest BCUT2D eigenvalue weighted by atomic mass is 9.84. The van der Waals surface area contributed by atoms with Gasteiger partial charge in [-0.15, -0.1) is 0 Å². The summed E-state index contributed by atoms with van der Waals surface area (Å²) < 4.78 is 0.885. The minimum Gasteiger partial charge on any atom is -0.480 e. The van der Waals surface area contributed by atoms with Gasteiger partial charge in [0.05, 0.1) is 0 Å². The molecule has 1 unspecified atom stereocenters. The van der Waals surface area contributed by atoms with E-state index >= 15 is 0 Å². The SMILES string of the molecule is CC(C)C[C@H](NC(=O)Nc1ccc(Br)cc1)C(=O)N(C(C)C)C(C(=O)O)C(C)(C)C. The van der Waals surface area contributed by atoms with Crippen LogP contribution in [0.1, 0.15) is 54.9 Å². The Hall–Kier alpha value is -2.09. The number of nitrogens with zero attached hydrogens (tertiary/aromatic N) is 1. The highest BCUT2D eigenvalue weighted by Crippen LogP contribution is 2.28. The van der Waals surface area contributed by atoms with Crippen molar-refractivity contribution in [1.29, 1.82) is 0 Å². The molecule has 0 aliphatic heterocycles. The lowest BCUT2D eigenvalue weighted by Crippen LogP contribution is -2.60. The Labute approximate surface area is 187 Å². The lowest BCUT2D eigenvalue weighted by Gasteiger charge is -2.41. The summed E-state index contributed by atoms with van der Waals surface area (Å²) in [5.41, 5.74) is -0.0846. The first kappa shape index (κ1) is 25.9. The van der Waals surface area contributed by atoms with E-state index in [0.717, 1.165) is 4.47 Å². The van der Waals surface area contributed by atoms with Gasteiger partial charge in [0.1, 0.15) is 12.1 Å². The second-order valence-corrected chi connectivity index (χ2v) is 10.1. The van der Waals surface area contributed by atoms with Gasteiger partial charge < -0.3 is 20.6 Å². The lowest BCUT2D eigenvalue weighted by molar-refractivity contribution is -0.158. The zero-order chi connectivity index (χ0) is 23.2. The number of carbonyl (C=O) groups excluding carboxylic acids is 2. The fourth-order valence-electron chi connectivity index (χ4n) is 3.32. The third-order valence-electron chi connectivity index (χ3n) is 4.56. The van der Waals surface area contributed by atoms with Gasteiger partial charge in [-0.05, 0) is 55.9 Å². The first-order chi connectivity index (χ1) is 13.7. The molecule has 1 rings (SSSR count). The van der Waals surface area contributed by atoms with Crippen molar-refractivity contribution in [2.24, 2.45) is 11.3 Å². The maximum Gasteiger partial charge on any atom is 0.326 e. The highest BCUT2D eigenvalue weighted by Gasteiger charge is 2.42. The van der Waals surface area contributed by atoms with Gasteiger partial charge in [-0.3, -0.25) is 4.79 Å². The molecule has 0 aliphatic rings. The third kappa shape index (κ3) is 7.63. The molecule has 0 heterocycles. The molecule has 168 valence electrons. The molecule has 0 radical (unpaired) electrons. The van der Waals surface area contributed by atoms with Crippen molar-refractivity contribution >= 4 is 39.5 Å². The maximum atomic E-state index is 13.5. The van der Waals surface area contributed by atoms with Crippen LogP contribution in [0, 0.1) is 11.3 Å². The molecule has 30 heavy (non-hydrogen) atoms. The number of hydrogen-bond donors (Lipinski definition) is 3. The summed E-state index contributed by atoms with van der Waals surface area (Å²) in [5.74, 6) is -1.34. The molecule has 0 saturated carbocycles. The molecular formula is C22H34BrN3O4. The molecule has 0 bridgehead atoms. The Bertz CT molecular complexity index is 742. The average molecular weight is 484 g/mol. The summed E-state index contributed by atoms with van der Waals surface area (Å²) in [6.07, 6.45) is 0.395. The molecule has 3 amide bonds. The zero-order valence-corrected chi connectivity index (χ0v) is 20.4. The van der Waals surface area contributed by atoms with Crippen molar-refractivity contribution in [3.8, 4) is 0 Å². The van der Waals surface area contributed by atoms with E-state index in [1.54, 1.807) is 58.9 Å². The molecule has 0 aliphatic carbocycles. The summed E-state index contributed by atoms with van der Waals surface area (Å²) in [7, 11) is 0. The molecule has 0 fully saturated rings. The largest absolute Gasteiger partial charge is 0.480 e. The van der Waals surface area contributed by atoms with Crippen LogP contribution >= 0.6 is 15.9 Å². The summed E-state index contributed by atoms with van der Waals surface area (Å²) in [6.45, 7) is 12.8. The summed E-state index contributed by atoms with van der Waals surface area (Å²) in [6, 6.07) is 4.36. The maximum absolute atomic E-state index is 13.5. The smallest absolute Gasteiger partial charge is 0.326 e. The van der Waals surface area contributed by atoms with Crippen LogP contribution in [0.5, 0.6) is 0 Å². The average Bonchev–Trinajstić information content (AvgIpc) is 2.58. The van der Waals surface area contributed by atoms with Crippen molar-refractivity contribution in [2.75, 3.05) is 5.32 Å². The van der Waals surface area contributed by atoms with Gasteiger partial charge in [-0.25, -0.2) is 9.59 Å². The summed E-state index contributed by atoms with van der Waals surface area (Å²) in [4.78, 5) is 39.4. The number of halogens is 1. The van der Waals surface area contributed by atoms with Gasteiger partial charge in [-0.1, -0.05) is 50.5 Å². The Morgan fingerprint density at radius 2 is 1.60 bits per heavy atom. The Morgan fingerprint density at radius 3 is 2.00 bits per heavy atom. The molecule has 0 saturated heterocycles. The molecule has 7 nitrogen and oxygen atoms in total. The predicted octanol–water partition coefficient (Wildman–Crippen LogP) is 4.72. The number of aliphatic carboxylic acids is 1. The fourth-order valence-corrected chi connectivity index (χ4v) is 3.58. The van der Waals surface area contributed by atoms with Crippen LogP contribution in [-0.2, 0) is 9.59 Å². The van der Waals surface area contributed by atoms with Crippen LogP contribution in [0.2, 0.25) is 0 Å². The molecule has 8 heteroatoms. The van der Waals surface area contributed by atoms with Crippen molar-refractivity contribution in [3.63, 3.8) is 0 Å². The van der Waals surface area contributed by atoms with E-state index < -0.39 is 35.4 Å². The van der Waals surface area contributed by atoms with Crippen molar-refractivity contribution in [2.45, 2.75) is 73.0 Å². The normalized spacial score (nSPS) is 13.7. The standard InChI is InChI=1S/C22H34BrN3O4/c1-13(2)12-17(25-21(30)24-16-10-8-15(23)9-11-16)19(27)26(14(3)4)18(20(28)29)22(5,6)7/h8-11,13-14,17-18H,12H2,1-7H3,(H,28,29)(H2,24,25,30)/t17-,18?/m0/s1. The number of anilines is 1. The number of urea groups is 1. The minimum absolute atomic E-state index is 0.124. The molecule has 1 aromatic carbocycles. The first-order valence-electron chi connectivity index (χ1n) is 10.1. The number of carboxylic acid groups (broad SMARTS) is 1. The molecule has 0 aromatic heterocycles. The number of carboxylic acids is 1. The van der Waals surface area contributed by atoms with Crippen molar-refractivity contribution < 1.29 is 19.5 Å². The van der Waals surface area contributed by atoms with E-state index in [1.165, 1.54) is 4.90 Å². The van der Waals surface area contributed by atoms with Gasteiger partial charge in [0, 0.05) is 16.2 Å². The molecule has 1 aromatic rings. The van der Waals surface area contributed by atoms with Crippen LogP contribution in [-0.4, -0.2) is 46.0 Å². The van der Waals surface area contributed by atoms with Crippen LogP contribution in [0.3, 0.4) is 0 Å². The number of benzene rings is 1. The predicted molar refractivity (Wildman–Crippen MR) is 122 cm³/mol. The van der Waals surface area contributed by atoms with Crippen LogP contribution in [0.15, 0.2) is 28.7 Å². The van der Waals surface area contributed by atoms with Crippen molar-refractivity contribution in [3.05, 3.63) is 28.7 Å². The van der Waals surface area contributed by atoms with E-state index in [9.17, 15) is 19.5 Å². The number of hydrogen-bond acceptors (Lipinski definition) is 3. The Kier molecular flexibility index (Phi) is 9.34. The second kappa shape index (κ2) is 10.8. The number of amides is 3. The highest BCUT2D eigenvalue weighted by atomic mass is 79.9. The fraction of sp³-hybridized carbons (Fsp3) is 0.591.